The van der Waals surface area contributed by atoms with Crippen LogP contribution >= 0.6 is 0 Å². The Morgan fingerprint density at radius 1 is 1.24 bits per heavy atom. The van der Waals surface area contributed by atoms with Gasteiger partial charge in [0.2, 0.25) is 0 Å². The zero-order chi connectivity index (χ0) is 15.8. The molecule has 0 aliphatic carbocycles. The lowest BCUT2D eigenvalue weighted by Gasteiger charge is -2.14. The number of nitrogen functional groups attached to an aromatic ring is 1. The van der Waals surface area contributed by atoms with Gasteiger partial charge in [0.1, 0.15) is 0 Å². The summed E-state index contributed by atoms with van der Waals surface area (Å²) < 4.78 is 0. The lowest BCUT2D eigenvalue weighted by Crippen LogP contribution is -2.16. The molecule has 4 nitrogen and oxygen atoms in total. The summed E-state index contributed by atoms with van der Waals surface area (Å²) in [6.45, 7) is 8.06. The van der Waals surface area contributed by atoms with E-state index in [0.29, 0.717) is 5.69 Å². The highest BCUT2D eigenvalue weighted by atomic mass is 15.1. The molecule has 4 heteroatoms. The van der Waals surface area contributed by atoms with Crippen molar-refractivity contribution in [1.29, 1.82) is 0 Å². The predicted octanol–water partition coefficient (Wildman–Crippen LogP) is 3.52. The number of aromatic nitrogens is 1. The quantitative estimate of drug-likeness (QED) is 0.827. The van der Waals surface area contributed by atoms with Gasteiger partial charge in [0.15, 0.2) is 0 Å². The fraction of sp³-hybridized carbons (Fsp3) is 0.471. The van der Waals surface area contributed by atoms with Crippen molar-refractivity contribution >= 4 is 22.3 Å². The minimum absolute atomic E-state index is 0.711. The van der Waals surface area contributed by atoms with Gasteiger partial charge in [-0.25, -0.2) is 0 Å². The number of fused-ring (bicyclic) bond motifs is 1. The third-order valence-corrected chi connectivity index (χ3v) is 3.14. The number of rotatable bonds is 5. The molecule has 0 unspecified atom stereocenters. The summed E-state index contributed by atoms with van der Waals surface area (Å²) in [7, 11) is 4.17. The van der Waals surface area contributed by atoms with Crippen LogP contribution in [0.5, 0.6) is 0 Å². The van der Waals surface area contributed by atoms with Crippen molar-refractivity contribution in [3.05, 3.63) is 30.0 Å². The Morgan fingerprint density at radius 3 is 2.62 bits per heavy atom. The molecule has 0 bridgehead atoms. The van der Waals surface area contributed by atoms with E-state index < -0.39 is 0 Å². The summed E-state index contributed by atoms with van der Waals surface area (Å²) in [5.41, 5.74) is 9.96. The molecule has 0 radical (unpaired) electrons. The van der Waals surface area contributed by atoms with Crippen LogP contribution in [0.15, 0.2) is 24.4 Å². The van der Waals surface area contributed by atoms with Gasteiger partial charge in [0.05, 0.1) is 23.1 Å². The summed E-state index contributed by atoms with van der Waals surface area (Å²) in [4.78, 5) is 6.55. The summed E-state index contributed by atoms with van der Waals surface area (Å²) in [5, 5.41) is 4.55. The van der Waals surface area contributed by atoms with Gasteiger partial charge >= 0.3 is 0 Å². The smallest absolute Gasteiger partial charge is 0.0743 e. The van der Waals surface area contributed by atoms with Gasteiger partial charge in [-0.15, -0.1) is 0 Å². The number of aryl methyl sites for hydroxylation is 1. The van der Waals surface area contributed by atoms with Crippen molar-refractivity contribution in [2.24, 2.45) is 0 Å². The predicted molar refractivity (Wildman–Crippen MR) is 93.9 cm³/mol. The fourth-order valence-corrected chi connectivity index (χ4v) is 2.13. The average molecular weight is 288 g/mol. The van der Waals surface area contributed by atoms with Crippen molar-refractivity contribution < 1.29 is 0 Å². The van der Waals surface area contributed by atoms with Crippen molar-refractivity contribution in [3.8, 4) is 0 Å². The molecular formula is C17H28N4. The largest absolute Gasteiger partial charge is 0.396 e. The van der Waals surface area contributed by atoms with Gasteiger partial charge in [-0.1, -0.05) is 25.5 Å². The molecule has 0 fully saturated rings. The Kier molecular flexibility index (Phi) is 6.96. The standard InChI is InChI=1S/C15H22N4.C2H6/c1-11-5-6-14-12(9-11)15(13(16)10-18-14)17-7-4-8-19(2)3;1-2/h5-6,9-10H,4,7-8,16H2,1-3H3,(H,17,18);1-2H3. The molecule has 2 rings (SSSR count). The molecule has 2 aromatic rings. The van der Waals surface area contributed by atoms with Gasteiger partial charge in [-0.3, -0.25) is 4.98 Å². The molecule has 0 saturated carbocycles. The van der Waals surface area contributed by atoms with Gasteiger partial charge in [0, 0.05) is 11.9 Å². The molecule has 0 amide bonds. The fourth-order valence-electron chi connectivity index (χ4n) is 2.13. The number of nitrogens with two attached hydrogens (primary N) is 1. The first-order valence-corrected chi connectivity index (χ1v) is 7.61. The normalized spacial score (nSPS) is 10.4. The third kappa shape index (κ3) is 4.90. The minimum atomic E-state index is 0.711. The minimum Gasteiger partial charge on any atom is -0.396 e. The Balaban J connectivity index is 0.00000106. The first kappa shape index (κ1) is 17.2. The first-order chi connectivity index (χ1) is 10.1. The second-order valence-corrected chi connectivity index (χ2v) is 5.19. The van der Waals surface area contributed by atoms with Gasteiger partial charge in [-0.2, -0.15) is 0 Å². The summed E-state index contributed by atoms with van der Waals surface area (Å²) in [6.07, 6.45) is 2.81. The third-order valence-electron chi connectivity index (χ3n) is 3.14. The molecule has 0 aliphatic heterocycles. The Morgan fingerprint density at radius 2 is 1.95 bits per heavy atom. The van der Waals surface area contributed by atoms with Crippen molar-refractivity contribution in [2.75, 3.05) is 38.2 Å². The van der Waals surface area contributed by atoms with E-state index in [-0.39, 0.29) is 0 Å². The van der Waals surface area contributed by atoms with E-state index in [1.807, 2.05) is 19.9 Å². The molecule has 1 heterocycles. The Hall–Kier alpha value is -1.81. The molecule has 1 aromatic carbocycles. The van der Waals surface area contributed by atoms with Crippen LogP contribution in [-0.4, -0.2) is 37.1 Å². The number of benzene rings is 1. The summed E-state index contributed by atoms with van der Waals surface area (Å²) >= 11 is 0. The molecule has 116 valence electrons. The number of nitrogens with one attached hydrogen (secondary N) is 1. The Bertz CT molecular complexity index is 559. The van der Waals surface area contributed by atoms with E-state index in [4.69, 9.17) is 5.73 Å². The van der Waals surface area contributed by atoms with Crippen LogP contribution in [0, 0.1) is 6.92 Å². The molecule has 3 N–H and O–H groups in total. The summed E-state index contributed by atoms with van der Waals surface area (Å²) in [6, 6.07) is 6.24. The van der Waals surface area contributed by atoms with Crippen molar-refractivity contribution in [1.82, 2.24) is 9.88 Å². The maximum absolute atomic E-state index is 6.04. The number of hydrogen-bond donors (Lipinski definition) is 2. The second-order valence-electron chi connectivity index (χ2n) is 5.19. The maximum atomic E-state index is 6.04. The van der Waals surface area contributed by atoms with E-state index >= 15 is 0 Å². The Labute approximate surface area is 128 Å². The first-order valence-electron chi connectivity index (χ1n) is 7.61. The van der Waals surface area contributed by atoms with Crippen molar-refractivity contribution in [2.45, 2.75) is 27.2 Å². The van der Waals surface area contributed by atoms with E-state index in [9.17, 15) is 0 Å². The van der Waals surface area contributed by atoms with Gasteiger partial charge < -0.3 is 16.0 Å². The van der Waals surface area contributed by atoms with Crippen LogP contribution < -0.4 is 11.1 Å². The maximum Gasteiger partial charge on any atom is 0.0743 e. The monoisotopic (exact) mass is 288 g/mol. The topological polar surface area (TPSA) is 54.2 Å². The van der Waals surface area contributed by atoms with Crippen molar-refractivity contribution in [3.63, 3.8) is 0 Å². The van der Waals surface area contributed by atoms with Gasteiger partial charge in [0.25, 0.3) is 0 Å². The molecule has 0 aliphatic rings. The highest BCUT2D eigenvalue weighted by Crippen LogP contribution is 2.28. The lowest BCUT2D eigenvalue weighted by molar-refractivity contribution is 0.405. The zero-order valence-electron chi connectivity index (χ0n) is 13.9. The van der Waals surface area contributed by atoms with E-state index in [1.165, 1.54) is 5.56 Å². The van der Waals surface area contributed by atoms with Gasteiger partial charge in [-0.05, 0) is 46.1 Å². The molecule has 21 heavy (non-hydrogen) atoms. The zero-order valence-corrected chi connectivity index (χ0v) is 13.9. The molecular weight excluding hydrogens is 260 g/mol. The SMILES string of the molecule is CC.Cc1ccc2ncc(N)c(NCCCN(C)C)c2c1. The van der Waals surface area contributed by atoms with E-state index in [1.54, 1.807) is 6.20 Å². The second kappa shape index (κ2) is 8.47. The average Bonchev–Trinajstić information content (AvgIpc) is 2.47. The van der Waals surface area contributed by atoms with Crippen LogP contribution in [0.4, 0.5) is 11.4 Å². The van der Waals surface area contributed by atoms with Crippen LogP contribution in [-0.2, 0) is 0 Å². The van der Waals surface area contributed by atoms with Crippen LogP contribution in [0.1, 0.15) is 25.8 Å². The van der Waals surface area contributed by atoms with Crippen LogP contribution in [0.3, 0.4) is 0 Å². The van der Waals surface area contributed by atoms with Crippen LogP contribution in [0.25, 0.3) is 10.9 Å². The number of anilines is 2. The molecule has 1 aromatic heterocycles. The molecule has 0 saturated heterocycles. The van der Waals surface area contributed by atoms with E-state index in [0.717, 1.165) is 36.1 Å². The number of nitrogens with zero attached hydrogens (tertiary/aromatic N) is 2. The van der Waals surface area contributed by atoms with E-state index in [2.05, 4.69) is 48.4 Å². The highest BCUT2D eigenvalue weighted by molar-refractivity contribution is 5.97. The molecule has 0 atom stereocenters. The molecule has 0 spiro atoms. The number of hydrogen-bond acceptors (Lipinski definition) is 4. The lowest BCUT2D eigenvalue weighted by atomic mass is 10.1. The summed E-state index contributed by atoms with van der Waals surface area (Å²) in [5.74, 6) is 0. The number of pyridine rings is 1. The highest BCUT2D eigenvalue weighted by Gasteiger charge is 2.06. The van der Waals surface area contributed by atoms with Crippen LogP contribution in [0.2, 0.25) is 0 Å².